The van der Waals surface area contributed by atoms with Gasteiger partial charge in [0.1, 0.15) is 17.4 Å². The predicted octanol–water partition coefficient (Wildman–Crippen LogP) is 8.88. The molecule has 0 aliphatic rings. The Balaban J connectivity index is 1.64. The number of halogens is 2. The van der Waals surface area contributed by atoms with E-state index in [1.165, 1.54) is 31.2 Å². The van der Waals surface area contributed by atoms with Gasteiger partial charge in [-0.25, -0.2) is 8.78 Å². The standard InChI is InChI=1S/C39H46F2N2O4/c1-3-4-5-6-7-8-9-10-11-12-13-14-15-16-17-18-19-20-21-22-38(45)42-27-28-43-39(46)35-29-32(23-26-37(35)47-31(2)44)34-25-24-33(40)30-36(34)41/h4-5,7-8,10-11,13-14,16-17,19-20,23-26,29-30H,3,6,9,12,15,18,21-22,27-28H2,1-2H3,(H,42,45)(H,43,46). The van der Waals surface area contributed by atoms with Crippen molar-refractivity contribution >= 4 is 17.8 Å². The summed E-state index contributed by atoms with van der Waals surface area (Å²) < 4.78 is 32.8. The van der Waals surface area contributed by atoms with Crippen LogP contribution in [0.4, 0.5) is 8.78 Å². The van der Waals surface area contributed by atoms with E-state index in [0.717, 1.165) is 50.7 Å². The Kier molecular flexibility index (Phi) is 19.2. The molecule has 0 atom stereocenters. The molecule has 6 nitrogen and oxygen atoms in total. The van der Waals surface area contributed by atoms with Gasteiger partial charge in [-0.2, -0.15) is 0 Å². The number of hydrogen-bond donors (Lipinski definition) is 2. The van der Waals surface area contributed by atoms with Crippen LogP contribution < -0.4 is 15.4 Å². The van der Waals surface area contributed by atoms with Crippen molar-refractivity contribution in [1.29, 1.82) is 0 Å². The molecule has 0 aliphatic heterocycles. The zero-order valence-electron chi connectivity index (χ0n) is 27.4. The fourth-order valence-corrected chi connectivity index (χ4v) is 4.26. The maximum Gasteiger partial charge on any atom is 0.308 e. The van der Waals surface area contributed by atoms with Crippen molar-refractivity contribution in [3.63, 3.8) is 0 Å². The number of esters is 1. The Labute approximate surface area is 277 Å². The summed E-state index contributed by atoms with van der Waals surface area (Å²) in [6, 6.07) is 7.36. The molecule has 0 saturated heterocycles. The molecule has 0 spiro atoms. The van der Waals surface area contributed by atoms with Gasteiger partial charge in [-0.05, 0) is 74.8 Å². The lowest BCUT2D eigenvalue weighted by atomic mass is 10.0. The van der Waals surface area contributed by atoms with Crippen molar-refractivity contribution in [2.24, 2.45) is 0 Å². The van der Waals surface area contributed by atoms with E-state index in [0.29, 0.717) is 18.4 Å². The largest absolute Gasteiger partial charge is 0.426 e. The summed E-state index contributed by atoms with van der Waals surface area (Å²) in [5.41, 5.74) is 0.408. The van der Waals surface area contributed by atoms with Crippen LogP contribution in [0.15, 0.2) is 109 Å². The van der Waals surface area contributed by atoms with Crippen molar-refractivity contribution in [2.75, 3.05) is 13.1 Å². The summed E-state index contributed by atoms with van der Waals surface area (Å²) >= 11 is 0. The smallest absolute Gasteiger partial charge is 0.308 e. The molecule has 2 N–H and O–H groups in total. The number of benzene rings is 2. The number of hydrogen-bond acceptors (Lipinski definition) is 4. The Hall–Kier alpha value is -4.85. The molecule has 0 fully saturated rings. The molecule has 0 bridgehead atoms. The van der Waals surface area contributed by atoms with Crippen LogP contribution in [0.5, 0.6) is 5.75 Å². The number of nitrogens with one attached hydrogen (secondary N) is 2. The third-order valence-corrected chi connectivity index (χ3v) is 6.59. The van der Waals surface area contributed by atoms with Gasteiger partial charge in [-0.3, -0.25) is 14.4 Å². The van der Waals surface area contributed by atoms with Crippen molar-refractivity contribution in [3.8, 4) is 16.9 Å². The van der Waals surface area contributed by atoms with Crippen LogP contribution >= 0.6 is 0 Å². The van der Waals surface area contributed by atoms with Gasteiger partial charge in [0.25, 0.3) is 5.91 Å². The minimum atomic E-state index is -0.789. The quantitative estimate of drug-likeness (QED) is 0.0653. The molecule has 2 rings (SSSR count). The molecule has 250 valence electrons. The van der Waals surface area contributed by atoms with E-state index >= 15 is 0 Å². The highest BCUT2D eigenvalue weighted by Crippen LogP contribution is 2.29. The summed E-state index contributed by atoms with van der Waals surface area (Å²) in [5.74, 6) is -2.85. The molecule has 8 heteroatoms. The normalized spacial score (nSPS) is 12.0. The van der Waals surface area contributed by atoms with Crippen LogP contribution in [0.25, 0.3) is 11.1 Å². The molecule has 47 heavy (non-hydrogen) atoms. The maximum atomic E-state index is 14.3. The molecular formula is C39H46F2N2O4. The summed E-state index contributed by atoms with van der Waals surface area (Å²) in [6.45, 7) is 3.66. The van der Waals surface area contributed by atoms with Crippen LogP contribution in [0.3, 0.4) is 0 Å². The minimum absolute atomic E-state index is 0.00155. The number of carbonyl (C=O) groups is 3. The highest BCUT2D eigenvalue weighted by molar-refractivity contribution is 5.99. The summed E-state index contributed by atoms with van der Waals surface area (Å²) in [6.07, 6.45) is 32.1. The van der Waals surface area contributed by atoms with E-state index in [1.54, 1.807) is 0 Å². The third kappa shape index (κ3) is 16.9. The number of allylic oxidation sites excluding steroid dienone is 12. The van der Waals surface area contributed by atoms with E-state index < -0.39 is 23.5 Å². The first-order valence-electron chi connectivity index (χ1n) is 16.0. The zero-order chi connectivity index (χ0) is 34.1. The summed E-state index contributed by atoms with van der Waals surface area (Å²) in [5, 5.41) is 5.42. The maximum absolute atomic E-state index is 14.3. The van der Waals surface area contributed by atoms with Gasteiger partial charge in [-0.1, -0.05) is 85.9 Å². The van der Waals surface area contributed by atoms with Gasteiger partial charge in [0.05, 0.1) is 5.56 Å². The number of amides is 2. The van der Waals surface area contributed by atoms with E-state index in [2.05, 4.69) is 78.3 Å². The van der Waals surface area contributed by atoms with E-state index in [1.807, 2.05) is 12.2 Å². The van der Waals surface area contributed by atoms with E-state index in [-0.39, 0.29) is 35.9 Å². The van der Waals surface area contributed by atoms with Crippen LogP contribution in [0.1, 0.15) is 75.6 Å². The van der Waals surface area contributed by atoms with E-state index in [9.17, 15) is 23.2 Å². The number of rotatable bonds is 20. The number of ether oxygens (including phenoxy) is 1. The van der Waals surface area contributed by atoms with Crippen molar-refractivity contribution < 1.29 is 27.9 Å². The average Bonchev–Trinajstić information content (AvgIpc) is 3.04. The average molecular weight is 645 g/mol. The molecule has 0 aromatic heterocycles. The van der Waals surface area contributed by atoms with Crippen molar-refractivity contribution in [1.82, 2.24) is 10.6 Å². The molecular weight excluding hydrogens is 598 g/mol. The van der Waals surface area contributed by atoms with Gasteiger partial charge in [0.15, 0.2) is 0 Å². The third-order valence-electron chi connectivity index (χ3n) is 6.59. The molecule has 0 aliphatic carbocycles. The lowest BCUT2D eigenvalue weighted by Crippen LogP contribution is -2.34. The van der Waals surface area contributed by atoms with Crippen molar-refractivity contribution in [2.45, 2.75) is 65.2 Å². The first-order chi connectivity index (χ1) is 22.8. The molecule has 0 heterocycles. The Morgan fingerprint density at radius 3 is 1.81 bits per heavy atom. The predicted molar refractivity (Wildman–Crippen MR) is 186 cm³/mol. The van der Waals surface area contributed by atoms with Gasteiger partial charge in [-0.15, -0.1) is 0 Å². The molecule has 0 unspecified atom stereocenters. The molecule has 2 aromatic rings. The van der Waals surface area contributed by atoms with E-state index in [4.69, 9.17) is 4.74 Å². The van der Waals surface area contributed by atoms with Crippen LogP contribution in [0.2, 0.25) is 0 Å². The molecule has 0 saturated carbocycles. The minimum Gasteiger partial charge on any atom is -0.426 e. The van der Waals surface area contributed by atoms with Crippen LogP contribution in [-0.2, 0) is 9.59 Å². The second-order valence-electron chi connectivity index (χ2n) is 10.5. The lowest BCUT2D eigenvalue weighted by Gasteiger charge is -2.13. The first kappa shape index (κ1) is 38.3. The summed E-state index contributed by atoms with van der Waals surface area (Å²) in [7, 11) is 0. The Bertz CT molecular complexity index is 1470. The highest BCUT2D eigenvalue weighted by atomic mass is 19.1. The van der Waals surface area contributed by atoms with Crippen LogP contribution in [0, 0.1) is 11.6 Å². The molecule has 2 amide bonds. The lowest BCUT2D eigenvalue weighted by molar-refractivity contribution is -0.131. The van der Waals surface area contributed by atoms with Gasteiger partial charge in [0, 0.05) is 38.1 Å². The second-order valence-corrected chi connectivity index (χ2v) is 10.5. The SMILES string of the molecule is CCC=CCC=CCC=CCC=CCC=CCC=CCCC(=O)NCCNC(=O)c1cc(-c2ccc(F)cc2F)ccc1OC(C)=O. The van der Waals surface area contributed by atoms with Crippen molar-refractivity contribution in [3.05, 3.63) is 127 Å². The second kappa shape index (κ2) is 23.5. The molecule has 2 aromatic carbocycles. The fourth-order valence-electron chi connectivity index (χ4n) is 4.26. The topological polar surface area (TPSA) is 84.5 Å². The molecule has 0 radical (unpaired) electrons. The fraction of sp³-hybridized carbons (Fsp3) is 0.308. The summed E-state index contributed by atoms with van der Waals surface area (Å²) in [4.78, 5) is 36.6. The monoisotopic (exact) mass is 644 g/mol. The Morgan fingerprint density at radius 2 is 1.26 bits per heavy atom. The van der Waals surface area contributed by atoms with Gasteiger partial charge in [0.2, 0.25) is 5.91 Å². The Morgan fingerprint density at radius 1 is 0.702 bits per heavy atom. The van der Waals surface area contributed by atoms with Crippen LogP contribution in [-0.4, -0.2) is 30.9 Å². The first-order valence-corrected chi connectivity index (χ1v) is 16.0. The number of carbonyl (C=O) groups excluding carboxylic acids is 3. The van der Waals surface area contributed by atoms with Gasteiger partial charge < -0.3 is 15.4 Å². The van der Waals surface area contributed by atoms with Gasteiger partial charge >= 0.3 is 5.97 Å². The highest BCUT2D eigenvalue weighted by Gasteiger charge is 2.17. The zero-order valence-corrected chi connectivity index (χ0v) is 27.4.